The summed E-state index contributed by atoms with van der Waals surface area (Å²) in [6.45, 7) is 0. The van der Waals surface area contributed by atoms with E-state index in [9.17, 15) is 13.2 Å². The molecule has 0 radical (unpaired) electrons. The molecule has 0 bridgehead atoms. The quantitative estimate of drug-likeness (QED) is 0.630. The maximum Gasteiger partial charge on any atom is 0.264 e. The number of nitrogens with zero attached hydrogens (tertiary/aromatic N) is 1. The minimum absolute atomic E-state index is 0.0532. The maximum atomic E-state index is 13.3. The van der Waals surface area contributed by atoms with E-state index in [-0.39, 0.29) is 4.90 Å². The van der Waals surface area contributed by atoms with E-state index in [1.54, 1.807) is 37.6 Å². The number of hydrogen-bond acceptors (Lipinski definition) is 5. The number of hydrogen-bond donors (Lipinski definition) is 1. The SMILES string of the molecule is COc1ccc(C2CCC2)cc1C1(C(=O)NS(=O)(=O)c2cccc3ncccc23)CC1. The molecule has 2 aliphatic carbocycles. The van der Waals surface area contributed by atoms with E-state index in [0.717, 1.165) is 18.4 Å². The van der Waals surface area contributed by atoms with Crippen LogP contribution in [0.5, 0.6) is 5.75 Å². The lowest BCUT2D eigenvalue weighted by Crippen LogP contribution is -2.39. The van der Waals surface area contributed by atoms with Gasteiger partial charge in [0.25, 0.3) is 10.0 Å². The van der Waals surface area contributed by atoms with Gasteiger partial charge in [-0.05, 0) is 67.5 Å². The Bertz CT molecular complexity index is 1270. The summed E-state index contributed by atoms with van der Waals surface area (Å²) in [5.74, 6) is 0.635. The third kappa shape index (κ3) is 3.37. The van der Waals surface area contributed by atoms with Gasteiger partial charge in [-0.2, -0.15) is 0 Å². The lowest BCUT2D eigenvalue weighted by Gasteiger charge is -2.28. The van der Waals surface area contributed by atoms with E-state index in [0.29, 0.717) is 35.4 Å². The van der Waals surface area contributed by atoms with Gasteiger partial charge in [0.1, 0.15) is 5.75 Å². The molecule has 160 valence electrons. The van der Waals surface area contributed by atoms with Crippen LogP contribution in [0.1, 0.15) is 49.1 Å². The Morgan fingerprint density at radius 1 is 1.13 bits per heavy atom. The highest BCUT2D eigenvalue weighted by molar-refractivity contribution is 7.90. The molecule has 2 fully saturated rings. The number of sulfonamides is 1. The van der Waals surface area contributed by atoms with Gasteiger partial charge in [0.2, 0.25) is 5.91 Å². The van der Waals surface area contributed by atoms with Crippen LogP contribution in [0, 0.1) is 0 Å². The normalized spacial score (nSPS) is 17.7. The molecule has 0 spiro atoms. The third-order valence-electron chi connectivity index (χ3n) is 6.62. The number of pyridine rings is 1. The lowest BCUT2D eigenvalue weighted by molar-refractivity contribution is -0.121. The Morgan fingerprint density at radius 3 is 2.61 bits per heavy atom. The second-order valence-electron chi connectivity index (χ2n) is 8.43. The largest absolute Gasteiger partial charge is 0.496 e. The van der Waals surface area contributed by atoms with Crippen molar-refractivity contribution in [2.45, 2.75) is 48.3 Å². The maximum absolute atomic E-state index is 13.3. The van der Waals surface area contributed by atoms with E-state index >= 15 is 0 Å². The van der Waals surface area contributed by atoms with Crippen LogP contribution < -0.4 is 9.46 Å². The Morgan fingerprint density at radius 2 is 1.94 bits per heavy atom. The Balaban J connectivity index is 1.49. The molecule has 1 aromatic heterocycles. The summed E-state index contributed by atoms with van der Waals surface area (Å²) in [7, 11) is -2.48. The van der Waals surface area contributed by atoms with E-state index in [2.05, 4.69) is 15.8 Å². The standard InChI is InChI=1S/C24H24N2O4S/c1-30-21-11-10-17(16-5-2-6-16)15-19(21)24(12-13-24)23(27)26-31(28,29)22-9-3-8-20-18(22)7-4-14-25-20/h3-4,7-11,14-16H,2,5-6,12-13H2,1H3,(H,26,27). The van der Waals surface area contributed by atoms with Crippen LogP contribution in [0.3, 0.4) is 0 Å². The van der Waals surface area contributed by atoms with Gasteiger partial charge < -0.3 is 4.74 Å². The summed E-state index contributed by atoms with van der Waals surface area (Å²) in [5.41, 5.74) is 1.67. The molecule has 2 aliphatic rings. The molecule has 5 rings (SSSR count). The number of ether oxygens (including phenoxy) is 1. The molecule has 6 nitrogen and oxygen atoms in total. The fourth-order valence-corrected chi connectivity index (χ4v) is 5.69. The van der Waals surface area contributed by atoms with Crippen LogP contribution in [0.4, 0.5) is 0 Å². The number of carbonyl (C=O) groups is 1. The predicted octanol–water partition coefficient (Wildman–Crippen LogP) is 4.05. The zero-order valence-corrected chi connectivity index (χ0v) is 18.1. The van der Waals surface area contributed by atoms with Crippen molar-refractivity contribution in [3.05, 3.63) is 65.9 Å². The van der Waals surface area contributed by atoms with Crippen molar-refractivity contribution in [2.24, 2.45) is 0 Å². The molecule has 3 aromatic rings. The molecule has 1 heterocycles. The topological polar surface area (TPSA) is 85.4 Å². The van der Waals surface area contributed by atoms with Crippen LogP contribution in [0.25, 0.3) is 10.9 Å². The number of nitrogens with one attached hydrogen (secondary N) is 1. The molecule has 2 aromatic carbocycles. The number of carbonyl (C=O) groups excluding carboxylic acids is 1. The smallest absolute Gasteiger partial charge is 0.264 e. The minimum atomic E-state index is -4.06. The van der Waals surface area contributed by atoms with E-state index in [1.165, 1.54) is 18.1 Å². The minimum Gasteiger partial charge on any atom is -0.496 e. The van der Waals surface area contributed by atoms with Gasteiger partial charge in [0.05, 0.1) is 22.9 Å². The summed E-state index contributed by atoms with van der Waals surface area (Å²) in [6.07, 6.45) is 6.31. The van der Waals surface area contributed by atoms with Gasteiger partial charge in [-0.1, -0.05) is 24.6 Å². The van der Waals surface area contributed by atoms with Gasteiger partial charge in [-0.25, -0.2) is 13.1 Å². The number of fused-ring (bicyclic) bond motifs is 1. The molecule has 31 heavy (non-hydrogen) atoms. The first kappa shape index (κ1) is 20.0. The van der Waals surface area contributed by atoms with Crippen LogP contribution >= 0.6 is 0 Å². The first-order valence-electron chi connectivity index (χ1n) is 10.5. The third-order valence-corrected chi connectivity index (χ3v) is 8.01. The van der Waals surface area contributed by atoms with Gasteiger partial charge in [0.15, 0.2) is 0 Å². The molecule has 0 atom stereocenters. The van der Waals surface area contributed by atoms with Gasteiger partial charge in [0, 0.05) is 17.1 Å². The highest BCUT2D eigenvalue weighted by Crippen LogP contribution is 2.53. The number of aromatic nitrogens is 1. The van der Waals surface area contributed by atoms with E-state index in [4.69, 9.17) is 4.74 Å². The van der Waals surface area contributed by atoms with Gasteiger partial charge >= 0.3 is 0 Å². The molecular weight excluding hydrogens is 412 g/mol. The number of amides is 1. The van der Waals surface area contributed by atoms with Crippen LogP contribution in [-0.2, 0) is 20.2 Å². The fraction of sp³-hybridized carbons (Fsp3) is 0.333. The van der Waals surface area contributed by atoms with Crippen LogP contribution in [0.15, 0.2) is 59.6 Å². The Hall–Kier alpha value is -2.93. The number of rotatable bonds is 6. The summed E-state index contributed by atoms with van der Waals surface area (Å²) >= 11 is 0. The van der Waals surface area contributed by atoms with Crippen molar-refractivity contribution < 1.29 is 17.9 Å². The summed E-state index contributed by atoms with van der Waals surface area (Å²) < 4.78 is 34.2. The molecule has 0 unspecified atom stereocenters. The highest BCUT2D eigenvalue weighted by atomic mass is 32.2. The van der Waals surface area contributed by atoms with Gasteiger partial charge in [-0.15, -0.1) is 0 Å². The zero-order valence-electron chi connectivity index (χ0n) is 17.3. The van der Waals surface area contributed by atoms with E-state index in [1.807, 2.05) is 12.1 Å². The molecular formula is C24H24N2O4S. The summed E-state index contributed by atoms with van der Waals surface area (Å²) in [4.78, 5) is 17.6. The van der Waals surface area contributed by atoms with Crippen molar-refractivity contribution in [2.75, 3.05) is 7.11 Å². The van der Waals surface area contributed by atoms with Crippen molar-refractivity contribution in [1.29, 1.82) is 0 Å². The average molecular weight is 437 g/mol. The predicted molar refractivity (Wildman–Crippen MR) is 118 cm³/mol. The molecule has 2 saturated carbocycles. The molecule has 0 saturated heterocycles. The number of benzene rings is 2. The van der Waals surface area contributed by atoms with Crippen molar-refractivity contribution in [3.8, 4) is 5.75 Å². The highest BCUT2D eigenvalue weighted by Gasteiger charge is 2.54. The fourth-order valence-electron chi connectivity index (χ4n) is 4.42. The van der Waals surface area contributed by atoms with Gasteiger partial charge in [-0.3, -0.25) is 9.78 Å². The molecule has 1 N–H and O–H groups in total. The first-order chi connectivity index (χ1) is 14.9. The second-order valence-corrected chi connectivity index (χ2v) is 10.1. The van der Waals surface area contributed by atoms with Crippen molar-refractivity contribution in [1.82, 2.24) is 9.71 Å². The molecule has 1 amide bonds. The number of methoxy groups -OCH3 is 1. The lowest BCUT2D eigenvalue weighted by atomic mass is 9.78. The van der Waals surface area contributed by atoms with E-state index < -0.39 is 21.3 Å². The van der Waals surface area contributed by atoms with Crippen molar-refractivity contribution >= 4 is 26.8 Å². The van der Waals surface area contributed by atoms with Crippen LogP contribution in [-0.4, -0.2) is 26.4 Å². The first-order valence-corrected chi connectivity index (χ1v) is 12.0. The summed E-state index contributed by atoms with van der Waals surface area (Å²) in [6, 6.07) is 14.3. The zero-order chi connectivity index (χ0) is 21.6. The van der Waals surface area contributed by atoms with Crippen molar-refractivity contribution in [3.63, 3.8) is 0 Å². The second kappa shape index (κ2) is 7.34. The Labute approximate surface area is 181 Å². The average Bonchev–Trinajstić information content (AvgIpc) is 3.54. The summed E-state index contributed by atoms with van der Waals surface area (Å²) in [5, 5.41) is 0.486. The molecule has 0 aliphatic heterocycles. The Kier molecular flexibility index (Phi) is 4.73. The molecule has 7 heteroatoms. The van der Waals surface area contributed by atoms with Crippen LogP contribution in [0.2, 0.25) is 0 Å². The monoisotopic (exact) mass is 436 g/mol.